The Labute approximate surface area is 144 Å². The first-order valence-corrected chi connectivity index (χ1v) is 7.91. The van der Waals surface area contributed by atoms with Crippen LogP contribution in [0.4, 0.5) is 5.69 Å². The molecule has 1 aliphatic rings. The van der Waals surface area contributed by atoms with Crippen molar-refractivity contribution in [2.45, 2.75) is 12.5 Å². The van der Waals surface area contributed by atoms with Crippen molar-refractivity contribution < 1.29 is 9.59 Å². The Morgan fingerprint density at radius 1 is 1.00 bits per heavy atom. The number of amides is 2. The quantitative estimate of drug-likeness (QED) is 0.922. The van der Waals surface area contributed by atoms with E-state index >= 15 is 0 Å². The predicted molar refractivity (Wildman–Crippen MR) is 91.1 cm³/mol. The van der Waals surface area contributed by atoms with Gasteiger partial charge in [-0.05, 0) is 48.5 Å². The van der Waals surface area contributed by atoms with Crippen molar-refractivity contribution in [2.24, 2.45) is 0 Å². The molecule has 2 amide bonds. The van der Waals surface area contributed by atoms with Gasteiger partial charge in [-0.1, -0.05) is 23.2 Å². The first-order chi connectivity index (χ1) is 11.0. The summed E-state index contributed by atoms with van der Waals surface area (Å²) < 4.78 is 0. The Morgan fingerprint density at radius 3 is 2.17 bits per heavy atom. The molecule has 2 aromatic rings. The van der Waals surface area contributed by atoms with Crippen LogP contribution in [0.2, 0.25) is 10.0 Å². The minimum Gasteiger partial charge on any atom is -0.347 e. The Kier molecular flexibility index (Phi) is 4.55. The van der Waals surface area contributed by atoms with Crippen molar-refractivity contribution in [3.63, 3.8) is 0 Å². The summed E-state index contributed by atoms with van der Waals surface area (Å²) in [5.74, 6) is -0.230. The van der Waals surface area contributed by atoms with Crippen LogP contribution in [0.1, 0.15) is 16.8 Å². The van der Waals surface area contributed by atoms with E-state index in [0.717, 1.165) is 5.69 Å². The summed E-state index contributed by atoms with van der Waals surface area (Å²) in [5, 5.41) is 4.08. The minimum absolute atomic E-state index is 0.0197. The van der Waals surface area contributed by atoms with E-state index in [1.807, 2.05) is 0 Å². The molecule has 4 nitrogen and oxygen atoms in total. The molecule has 0 spiro atoms. The molecule has 1 N–H and O–H groups in total. The molecule has 0 radical (unpaired) electrons. The van der Waals surface area contributed by atoms with E-state index in [0.29, 0.717) is 22.2 Å². The van der Waals surface area contributed by atoms with E-state index in [1.165, 1.54) is 0 Å². The zero-order valence-electron chi connectivity index (χ0n) is 12.1. The van der Waals surface area contributed by atoms with Gasteiger partial charge < -0.3 is 10.2 Å². The molecule has 0 saturated carbocycles. The molecule has 6 heteroatoms. The number of carbonyl (C=O) groups excluding carboxylic acids is 2. The third-order valence-electron chi connectivity index (χ3n) is 3.70. The Balaban J connectivity index is 1.66. The van der Waals surface area contributed by atoms with Gasteiger partial charge in [-0.25, -0.2) is 0 Å². The van der Waals surface area contributed by atoms with E-state index < -0.39 is 0 Å². The molecule has 1 saturated heterocycles. The maximum atomic E-state index is 12.2. The Morgan fingerprint density at radius 2 is 1.57 bits per heavy atom. The number of hydrogen-bond donors (Lipinski definition) is 1. The summed E-state index contributed by atoms with van der Waals surface area (Å²) in [5.41, 5.74) is 1.30. The average molecular weight is 349 g/mol. The standard InChI is InChI=1S/C17H14Cl2N2O2/c18-12-3-1-11(2-4-12)17(23)20-14-9-16(22)21(10-14)15-7-5-13(19)6-8-15/h1-8,14H,9-10H2,(H,20,23). The summed E-state index contributed by atoms with van der Waals surface area (Å²) in [6, 6.07) is 13.5. The highest BCUT2D eigenvalue weighted by molar-refractivity contribution is 6.31. The molecule has 1 atom stereocenters. The zero-order chi connectivity index (χ0) is 16.4. The van der Waals surface area contributed by atoms with E-state index in [1.54, 1.807) is 53.4 Å². The topological polar surface area (TPSA) is 49.4 Å². The van der Waals surface area contributed by atoms with Gasteiger partial charge in [0.05, 0.1) is 6.04 Å². The SMILES string of the molecule is O=C(NC1CC(=O)N(c2ccc(Cl)cc2)C1)c1ccc(Cl)cc1. The highest BCUT2D eigenvalue weighted by Gasteiger charge is 2.31. The van der Waals surface area contributed by atoms with Crippen LogP contribution >= 0.6 is 23.2 Å². The molecule has 1 aliphatic heterocycles. The minimum atomic E-state index is -0.221. The van der Waals surface area contributed by atoms with Crippen molar-refractivity contribution in [1.82, 2.24) is 5.32 Å². The molecular formula is C17H14Cl2N2O2. The maximum Gasteiger partial charge on any atom is 0.251 e. The van der Waals surface area contributed by atoms with Crippen molar-refractivity contribution in [2.75, 3.05) is 11.4 Å². The van der Waals surface area contributed by atoms with Crippen LogP contribution < -0.4 is 10.2 Å². The summed E-state index contributed by atoms with van der Waals surface area (Å²) in [6.45, 7) is 0.444. The lowest BCUT2D eigenvalue weighted by atomic mass is 10.2. The van der Waals surface area contributed by atoms with Gasteiger partial charge in [-0.2, -0.15) is 0 Å². The van der Waals surface area contributed by atoms with Gasteiger partial charge in [-0.15, -0.1) is 0 Å². The predicted octanol–water partition coefficient (Wildman–Crippen LogP) is 3.53. The van der Waals surface area contributed by atoms with Crippen LogP contribution in [0.15, 0.2) is 48.5 Å². The third kappa shape index (κ3) is 3.66. The molecule has 23 heavy (non-hydrogen) atoms. The number of halogens is 2. The number of nitrogens with zero attached hydrogens (tertiary/aromatic N) is 1. The van der Waals surface area contributed by atoms with Gasteiger partial charge in [0.25, 0.3) is 5.91 Å². The van der Waals surface area contributed by atoms with Crippen LogP contribution in [0.3, 0.4) is 0 Å². The lowest BCUT2D eigenvalue weighted by Crippen LogP contribution is -2.37. The van der Waals surface area contributed by atoms with Crippen LogP contribution in [0.5, 0.6) is 0 Å². The summed E-state index contributed by atoms with van der Waals surface area (Å²) >= 11 is 11.7. The molecule has 118 valence electrons. The van der Waals surface area contributed by atoms with Crippen molar-refractivity contribution in [3.05, 3.63) is 64.1 Å². The van der Waals surface area contributed by atoms with Gasteiger partial charge in [0.15, 0.2) is 0 Å². The fourth-order valence-corrected chi connectivity index (χ4v) is 2.80. The highest BCUT2D eigenvalue weighted by atomic mass is 35.5. The largest absolute Gasteiger partial charge is 0.347 e. The number of rotatable bonds is 3. The van der Waals surface area contributed by atoms with Gasteiger partial charge >= 0.3 is 0 Å². The second kappa shape index (κ2) is 6.60. The normalized spacial score (nSPS) is 17.4. The van der Waals surface area contributed by atoms with E-state index in [-0.39, 0.29) is 24.3 Å². The lowest BCUT2D eigenvalue weighted by Gasteiger charge is -2.17. The Bertz CT molecular complexity index is 729. The molecular weight excluding hydrogens is 335 g/mol. The van der Waals surface area contributed by atoms with Crippen molar-refractivity contribution in [1.29, 1.82) is 0 Å². The third-order valence-corrected chi connectivity index (χ3v) is 4.21. The number of anilines is 1. The molecule has 3 rings (SSSR count). The molecule has 2 aromatic carbocycles. The second-order valence-electron chi connectivity index (χ2n) is 5.36. The Hall–Kier alpha value is -2.04. The van der Waals surface area contributed by atoms with Gasteiger partial charge in [-0.3, -0.25) is 9.59 Å². The molecule has 1 heterocycles. The molecule has 0 bridgehead atoms. The summed E-state index contributed by atoms with van der Waals surface area (Å²) in [6.07, 6.45) is 0.280. The van der Waals surface area contributed by atoms with Crippen LogP contribution in [0, 0.1) is 0 Å². The van der Waals surface area contributed by atoms with Crippen molar-refractivity contribution >= 4 is 40.7 Å². The maximum absolute atomic E-state index is 12.2. The monoisotopic (exact) mass is 348 g/mol. The van der Waals surface area contributed by atoms with Gasteiger partial charge in [0.1, 0.15) is 0 Å². The fraction of sp³-hybridized carbons (Fsp3) is 0.176. The van der Waals surface area contributed by atoms with Gasteiger partial charge in [0, 0.05) is 34.3 Å². The van der Waals surface area contributed by atoms with E-state index in [4.69, 9.17) is 23.2 Å². The highest BCUT2D eigenvalue weighted by Crippen LogP contribution is 2.23. The smallest absolute Gasteiger partial charge is 0.251 e. The molecule has 1 unspecified atom stereocenters. The first-order valence-electron chi connectivity index (χ1n) is 7.15. The first kappa shape index (κ1) is 15.8. The van der Waals surface area contributed by atoms with Gasteiger partial charge in [0.2, 0.25) is 5.91 Å². The molecule has 0 aromatic heterocycles. The molecule has 1 fully saturated rings. The number of carbonyl (C=O) groups is 2. The van der Waals surface area contributed by atoms with Crippen LogP contribution in [-0.2, 0) is 4.79 Å². The number of benzene rings is 2. The van der Waals surface area contributed by atoms with Crippen LogP contribution in [0.25, 0.3) is 0 Å². The van der Waals surface area contributed by atoms with Crippen LogP contribution in [-0.4, -0.2) is 24.4 Å². The zero-order valence-corrected chi connectivity index (χ0v) is 13.6. The second-order valence-corrected chi connectivity index (χ2v) is 6.24. The lowest BCUT2D eigenvalue weighted by molar-refractivity contribution is -0.117. The fourth-order valence-electron chi connectivity index (χ4n) is 2.54. The number of nitrogens with one attached hydrogen (secondary N) is 1. The van der Waals surface area contributed by atoms with E-state index in [9.17, 15) is 9.59 Å². The average Bonchev–Trinajstić information content (AvgIpc) is 2.89. The van der Waals surface area contributed by atoms with Crippen molar-refractivity contribution in [3.8, 4) is 0 Å². The van der Waals surface area contributed by atoms with E-state index in [2.05, 4.69) is 5.32 Å². The summed E-state index contributed by atoms with van der Waals surface area (Å²) in [4.78, 5) is 26.0. The summed E-state index contributed by atoms with van der Waals surface area (Å²) in [7, 11) is 0. The molecule has 0 aliphatic carbocycles. The number of hydrogen-bond acceptors (Lipinski definition) is 2.